The lowest BCUT2D eigenvalue weighted by atomic mass is 9.94. The molecule has 0 amide bonds. The minimum Gasteiger partial charge on any atom is -0.282 e. The predicted octanol–water partition coefficient (Wildman–Crippen LogP) is 4.14. The molecule has 1 aliphatic rings. The fourth-order valence-electron chi connectivity index (χ4n) is 2.36. The molecule has 0 saturated heterocycles. The van der Waals surface area contributed by atoms with Gasteiger partial charge in [-0.15, -0.1) is 12.4 Å². The molecule has 1 aromatic carbocycles. The van der Waals surface area contributed by atoms with E-state index in [-0.39, 0.29) is 12.4 Å². The molecule has 0 fully saturated rings. The van der Waals surface area contributed by atoms with Crippen LogP contribution in [0.25, 0.3) is 11.3 Å². The number of halogens is 2. The molecule has 0 atom stereocenters. The molecule has 1 aliphatic carbocycles. The van der Waals surface area contributed by atoms with E-state index >= 15 is 0 Å². The Balaban J connectivity index is 0.00000108. The number of aromatic nitrogens is 2. The van der Waals surface area contributed by atoms with Gasteiger partial charge in [-0.3, -0.25) is 5.10 Å². The highest BCUT2D eigenvalue weighted by Crippen LogP contribution is 2.33. The molecule has 0 bridgehead atoms. The van der Waals surface area contributed by atoms with E-state index in [0.29, 0.717) is 0 Å². The van der Waals surface area contributed by atoms with Gasteiger partial charge in [-0.25, -0.2) is 0 Å². The molecule has 17 heavy (non-hydrogen) atoms. The van der Waals surface area contributed by atoms with Gasteiger partial charge in [0.1, 0.15) is 0 Å². The largest absolute Gasteiger partial charge is 0.282 e. The number of aromatic amines is 1. The second-order valence-corrected chi connectivity index (χ2v) is 5.07. The molecule has 4 heteroatoms. The molecule has 2 aromatic rings. The highest BCUT2D eigenvalue weighted by molar-refractivity contribution is 9.10. The van der Waals surface area contributed by atoms with Crippen LogP contribution in [0.2, 0.25) is 0 Å². The lowest BCUT2D eigenvalue weighted by molar-refractivity contribution is 0.675. The van der Waals surface area contributed by atoms with E-state index in [4.69, 9.17) is 0 Å². The van der Waals surface area contributed by atoms with Gasteiger partial charge in [0.25, 0.3) is 0 Å². The molecule has 0 spiro atoms. The lowest BCUT2D eigenvalue weighted by Crippen LogP contribution is -2.01. The van der Waals surface area contributed by atoms with E-state index < -0.39 is 0 Å². The normalized spacial score (nSPS) is 13.9. The average Bonchev–Trinajstić information content (AvgIpc) is 2.74. The first-order valence-corrected chi connectivity index (χ1v) is 6.46. The van der Waals surface area contributed by atoms with Gasteiger partial charge in [-0.1, -0.05) is 34.1 Å². The van der Waals surface area contributed by atoms with Crippen LogP contribution in [0.5, 0.6) is 0 Å². The molecule has 90 valence electrons. The fourth-order valence-corrected chi connectivity index (χ4v) is 2.83. The summed E-state index contributed by atoms with van der Waals surface area (Å²) in [6, 6.07) is 8.28. The molecular weight excluding hydrogens is 300 g/mol. The van der Waals surface area contributed by atoms with Crippen LogP contribution in [0.3, 0.4) is 0 Å². The van der Waals surface area contributed by atoms with Gasteiger partial charge in [-0.2, -0.15) is 5.10 Å². The van der Waals surface area contributed by atoms with E-state index in [1.807, 2.05) is 6.07 Å². The molecule has 0 radical (unpaired) electrons. The average molecular weight is 314 g/mol. The first-order chi connectivity index (χ1) is 7.86. The lowest BCUT2D eigenvalue weighted by Gasteiger charge is -2.11. The summed E-state index contributed by atoms with van der Waals surface area (Å²) >= 11 is 3.59. The monoisotopic (exact) mass is 312 g/mol. The van der Waals surface area contributed by atoms with Gasteiger partial charge >= 0.3 is 0 Å². The maximum atomic E-state index is 4.47. The van der Waals surface area contributed by atoms with E-state index in [1.54, 1.807) is 0 Å². The Morgan fingerprint density at radius 3 is 2.71 bits per heavy atom. The summed E-state index contributed by atoms with van der Waals surface area (Å²) in [6.07, 6.45) is 4.86. The van der Waals surface area contributed by atoms with Gasteiger partial charge < -0.3 is 0 Å². The molecule has 0 aliphatic heterocycles. The third kappa shape index (κ3) is 2.26. The smallest absolute Gasteiger partial charge is 0.0966 e. The Labute approximate surface area is 115 Å². The fraction of sp³-hybridized carbons (Fsp3) is 0.308. The number of hydrogen-bond donors (Lipinski definition) is 1. The standard InChI is InChI=1S/C13H13BrN2.ClH/c14-11-7-3-1-5-9(11)13-10-6-2-4-8-12(10)15-16-13;/h1,3,5,7H,2,4,6,8H2,(H,15,16);1H. The van der Waals surface area contributed by atoms with Gasteiger partial charge in [0.05, 0.1) is 5.69 Å². The minimum absolute atomic E-state index is 0. The van der Waals surface area contributed by atoms with Crippen molar-refractivity contribution >= 4 is 28.3 Å². The maximum absolute atomic E-state index is 4.47. The quantitative estimate of drug-likeness (QED) is 0.842. The number of nitrogens with one attached hydrogen (secondary N) is 1. The summed E-state index contributed by atoms with van der Waals surface area (Å²) in [5, 5.41) is 7.65. The van der Waals surface area contributed by atoms with Crippen LogP contribution >= 0.6 is 28.3 Å². The van der Waals surface area contributed by atoms with Crippen molar-refractivity contribution in [1.82, 2.24) is 10.2 Å². The van der Waals surface area contributed by atoms with E-state index in [1.165, 1.54) is 29.7 Å². The Bertz CT molecular complexity index is 522. The first kappa shape index (κ1) is 12.7. The Morgan fingerprint density at radius 1 is 1.12 bits per heavy atom. The second-order valence-electron chi connectivity index (χ2n) is 4.22. The molecule has 0 unspecified atom stereocenters. The SMILES string of the molecule is Brc1ccccc1-c1n[nH]c2c1CCCC2.Cl. The number of rotatable bonds is 1. The minimum atomic E-state index is 0. The number of H-pyrrole nitrogens is 1. The summed E-state index contributed by atoms with van der Waals surface area (Å²) in [6.45, 7) is 0. The van der Waals surface area contributed by atoms with Gasteiger partial charge in [-0.05, 0) is 31.7 Å². The number of hydrogen-bond acceptors (Lipinski definition) is 1. The zero-order chi connectivity index (χ0) is 11.0. The highest BCUT2D eigenvalue weighted by Gasteiger charge is 2.18. The topological polar surface area (TPSA) is 28.7 Å². The van der Waals surface area contributed by atoms with Crippen LogP contribution in [0.1, 0.15) is 24.1 Å². The number of nitrogens with zero attached hydrogens (tertiary/aromatic N) is 1. The Morgan fingerprint density at radius 2 is 1.88 bits per heavy atom. The molecule has 1 aromatic heterocycles. The number of aryl methyl sites for hydroxylation is 1. The van der Waals surface area contributed by atoms with Gasteiger partial charge in [0.15, 0.2) is 0 Å². The summed E-state index contributed by atoms with van der Waals surface area (Å²) < 4.78 is 1.12. The summed E-state index contributed by atoms with van der Waals surface area (Å²) in [5.74, 6) is 0. The van der Waals surface area contributed by atoms with Crippen molar-refractivity contribution in [3.05, 3.63) is 40.0 Å². The van der Waals surface area contributed by atoms with E-state index in [0.717, 1.165) is 23.0 Å². The summed E-state index contributed by atoms with van der Waals surface area (Å²) in [4.78, 5) is 0. The molecular formula is C13H14BrClN2. The third-order valence-corrected chi connectivity index (χ3v) is 3.88. The van der Waals surface area contributed by atoms with Crippen LogP contribution in [-0.2, 0) is 12.8 Å². The van der Waals surface area contributed by atoms with Crippen LogP contribution in [0.15, 0.2) is 28.7 Å². The summed E-state index contributed by atoms with van der Waals surface area (Å²) in [7, 11) is 0. The highest BCUT2D eigenvalue weighted by atomic mass is 79.9. The van der Waals surface area contributed by atoms with E-state index in [9.17, 15) is 0 Å². The second kappa shape index (κ2) is 5.23. The van der Waals surface area contributed by atoms with Crippen molar-refractivity contribution in [3.8, 4) is 11.3 Å². The van der Waals surface area contributed by atoms with Crippen molar-refractivity contribution < 1.29 is 0 Å². The summed E-state index contributed by atoms with van der Waals surface area (Å²) in [5.41, 5.74) is 5.07. The van der Waals surface area contributed by atoms with Gasteiger partial charge in [0.2, 0.25) is 0 Å². The van der Waals surface area contributed by atoms with Crippen LogP contribution in [-0.4, -0.2) is 10.2 Å². The molecule has 3 rings (SSSR count). The zero-order valence-electron chi connectivity index (χ0n) is 9.37. The van der Waals surface area contributed by atoms with Crippen molar-refractivity contribution in [2.45, 2.75) is 25.7 Å². The van der Waals surface area contributed by atoms with Crippen molar-refractivity contribution in [2.75, 3.05) is 0 Å². The zero-order valence-corrected chi connectivity index (χ0v) is 11.8. The number of benzene rings is 1. The first-order valence-electron chi connectivity index (χ1n) is 5.67. The van der Waals surface area contributed by atoms with Gasteiger partial charge in [0, 0.05) is 21.3 Å². The Hall–Kier alpha value is -0.800. The Kier molecular flexibility index (Phi) is 3.89. The van der Waals surface area contributed by atoms with Crippen molar-refractivity contribution in [1.29, 1.82) is 0 Å². The third-order valence-electron chi connectivity index (χ3n) is 3.19. The molecule has 0 saturated carbocycles. The van der Waals surface area contributed by atoms with E-state index in [2.05, 4.69) is 44.3 Å². The molecule has 1 N–H and O–H groups in total. The van der Waals surface area contributed by atoms with Crippen LogP contribution < -0.4 is 0 Å². The maximum Gasteiger partial charge on any atom is 0.0966 e. The number of fused-ring (bicyclic) bond motifs is 1. The van der Waals surface area contributed by atoms with Crippen molar-refractivity contribution in [3.63, 3.8) is 0 Å². The predicted molar refractivity (Wildman–Crippen MR) is 75.6 cm³/mol. The van der Waals surface area contributed by atoms with Crippen LogP contribution in [0.4, 0.5) is 0 Å². The molecule has 1 heterocycles. The van der Waals surface area contributed by atoms with Crippen molar-refractivity contribution in [2.24, 2.45) is 0 Å². The van der Waals surface area contributed by atoms with Crippen LogP contribution in [0, 0.1) is 0 Å². The molecule has 2 nitrogen and oxygen atoms in total.